The van der Waals surface area contributed by atoms with E-state index >= 15 is 0 Å². The van der Waals surface area contributed by atoms with Gasteiger partial charge in [-0.05, 0) is 37.0 Å². The van der Waals surface area contributed by atoms with Gasteiger partial charge in [-0.1, -0.05) is 13.0 Å². The van der Waals surface area contributed by atoms with Crippen molar-refractivity contribution in [2.45, 2.75) is 36.6 Å². The van der Waals surface area contributed by atoms with E-state index in [1.54, 1.807) is 6.92 Å². The first-order valence-corrected chi connectivity index (χ1v) is 7.83. The molecule has 1 aliphatic carbocycles. The van der Waals surface area contributed by atoms with Crippen LogP contribution in [0.5, 0.6) is 0 Å². The van der Waals surface area contributed by atoms with Gasteiger partial charge in [0.15, 0.2) is 0 Å². The number of benzene rings is 1. The summed E-state index contributed by atoms with van der Waals surface area (Å²) >= 11 is 0. The monoisotopic (exact) mass is 299 g/mol. The Labute approximate surface area is 117 Å². The average molecular weight is 299 g/mol. The zero-order chi connectivity index (χ0) is 15.0. The number of rotatable bonds is 6. The fourth-order valence-electron chi connectivity index (χ4n) is 2.02. The zero-order valence-electron chi connectivity index (χ0n) is 11.1. The third-order valence-electron chi connectivity index (χ3n) is 3.51. The van der Waals surface area contributed by atoms with Crippen LogP contribution >= 0.6 is 0 Å². The highest BCUT2D eigenvalue weighted by molar-refractivity contribution is 7.89. The normalized spacial score (nSPS) is 16.9. The van der Waals surface area contributed by atoms with E-state index in [1.165, 1.54) is 12.1 Å². The van der Waals surface area contributed by atoms with Crippen molar-refractivity contribution in [3.63, 3.8) is 0 Å². The summed E-state index contributed by atoms with van der Waals surface area (Å²) in [5.74, 6) is -1.15. The maximum atomic E-state index is 12.2. The van der Waals surface area contributed by atoms with Crippen molar-refractivity contribution >= 4 is 16.0 Å². The molecule has 20 heavy (non-hydrogen) atoms. The molecule has 7 heteroatoms. The number of carbonyl (C=O) groups is 1. The second-order valence-corrected chi connectivity index (χ2v) is 6.70. The molecule has 0 aliphatic heterocycles. The van der Waals surface area contributed by atoms with Gasteiger partial charge in [-0.15, -0.1) is 0 Å². The van der Waals surface area contributed by atoms with E-state index in [4.69, 9.17) is 5.11 Å². The second kappa shape index (κ2) is 5.16. The number of hydrogen-bond donors (Lipinski definition) is 3. The first-order valence-electron chi connectivity index (χ1n) is 6.34. The predicted molar refractivity (Wildman–Crippen MR) is 72.2 cm³/mol. The van der Waals surface area contributed by atoms with E-state index in [0.29, 0.717) is 24.8 Å². The maximum absolute atomic E-state index is 12.2. The molecule has 0 saturated heterocycles. The first-order chi connectivity index (χ1) is 9.33. The van der Waals surface area contributed by atoms with Crippen LogP contribution in [0.1, 0.15) is 35.7 Å². The molecule has 0 amide bonds. The summed E-state index contributed by atoms with van der Waals surface area (Å²) in [5, 5.41) is 18.3. The summed E-state index contributed by atoms with van der Waals surface area (Å²) in [7, 11) is -3.82. The molecule has 1 fully saturated rings. The van der Waals surface area contributed by atoms with Crippen LogP contribution in [0.15, 0.2) is 23.1 Å². The Bertz CT molecular complexity index is 634. The van der Waals surface area contributed by atoms with Crippen LogP contribution in [0.3, 0.4) is 0 Å². The maximum Gasteiger partial charge on any atom is 0.336 e. The van der Waals surface area contributed by atoms with Crippen LogP contribution in [0.25, 0.3) is 0 Å². The Kier molecular flexibility index (Phi) is 3.86. The topological polar surface area (TPSA) is 104 Å². The van der Waals surface area contributed by atoms with E-state index in [2.05, 4.69) is 4.72 Å². The van der Waals surface area contributed by atoms with Crippen LogP contribution in [0.4, 0.5) is 0 Å². The number of hydrogen-bond acceptors (Lipinski definition) is 4. The Morgan fingerprint density at radius 3 is 2.50 bits per heavy atom. The fraction of sp³-hybridized carbons (Fsp3) is 0.462. The van der Waals surface area contributed by atoms with E-state index < -0.39 is 21.5 Å². The number of nitrogens with one attached hydrogen (secondary N) is 1. The lowest BCUT2D eigenvalue weighted by molar-refractivity contribution is 0.0695. The second-order valence-electron chi connectivity index (χ2n) is 5.02. The van der Waals surface area contributed by atoms with Crippen LogP contribution in [0, 0.1) is 0 Å². The Hall–Kier alpha value is -1.44. The lowest BCUT2D eigenvalue weighted by Gasteiger charge is -2.15. The summed E-state index contributed by atoms with van der Waals surface area (Å²) in [6.45, 7) is 1.55. The molecule has 0 spiro atoms. The number of aliphatic hydroxyl groups is 1. The van der Waals surface area contributed by atoms with Crippen molar-refractivity contribution in [2.24, 2.45) is 0 Å². The van der Waals surface area contributed by atoms with Gasteiger partial charge in [-0.2, -0.15) is 0 Å². The van der Waals surface area contributed by atoms with Crippen LogP contribution in [-0.4, -0.2) is 36.7 Å². The number of carboxylic acids is 1. The number of aryl methyl sites for hydroxylation is 1. The Balaban J connectivity index is 2.37. The highest BCUT2D eigenvalue weighted by atomic mass is 32.2. The van der Waals surface area contributed by atoms with Gasteiger partial charge in [0.05, 0.1) is 22.6 Å². The van der Waals surface area contributed by atoms with Crippen LogP contribution < -0.4 is 4.72 Å². The summed E-state index contributed by atoms with van der Waals surface area (Å²) in [5.41, 5.74) is -0.199. The lowest BCUT2D eigenvalue weighted by atomic mass is 10.1. The third-order valence-corrected chi connectivity index (χ3v) is 5.09. The van der Waals surface area contributed by atoms with E-state index in [-0.39, 0.29) is 17.1 Å². The number of sulfonamides is 1. The van der Waals surface area contributed by atoms with Gasteiger partial charge in [0, 0.05) is 0 Å². The number of aliphatic hydroxyl groups excluding tert-OH is 1. The fourth-order valence-corrected chi connectivity index (χ4v) is 3.49. The SMILES string of the molecule is CCc1ccc(S(=O)(=O)NC2(CO)CC2)cc1C(=O)O. The van der Waals surface area contributed by atoms with Crippen LogP contribution in [0.2, 0.25) is 0 Å². The van der Waals surface area contributed by atoms with Gasteiger partial charge in [0.25, 0.3) is 0 Å². The van der Waals surface area contributed by atoms with Gasteiger partial charge in [0.1, 0.15) is 0 Å². The molecule has 110 valence electrons. The highest BCUT2D eigenvalue weighted by Gasteiger charge is 2.45. The molecule has 0 unspecified atom stereocenters. The molecule has 1 aromatic rings. The van der Waals surface area contributed by atoms with Crippen molar-refractivity contribution in [2.75, 3.05) is 6.61 Å². The third kappa shape index (κ3) is 2.84. The number of carboxylic acid groups (broad SMARTS) is 1. The van der Waals surface area contributed by atoms with E-state index in [9.17, 15) is 18.3 Å². The molecular weight excluding hydrogens is 282 g/mol. The van der Waals surface area contributed by atoms with E-state index in [0.717, 1.165) is 6.07 Å². The standard InChI is InChI=1S/C13H17NO5S/c1-2-9-3-4-10(7-11(9)12(16)17)20(18,19)14-13(8-15)5-6-13/h3-4,7,14-15H,2,5-6,8H2,1H3,(H,16,17). The van der Waals surface area contributed by atoms with Crippen molar-refractivity contribution < 1.29 is 23.4 Å². The van der Waals surface area contributed by atoms with Gasteiger partial charge in [-0.3, -0.25) is 0 Å². The minimum absolute atomic E-state index is 0.00998. The average Bonchev–Trinajstić information content (AvgIpc) is 3.17. The van der Waals surface area contributed by atoms with Crippen molar-refractivity contribution in [1.82, 2.24) is 4.72 Å². The molecule has 0 bridgehead atoms. The summed E-state index contributed by atoms with van der Waals surface area (Å²) in [6.07, 6.45) is 1.68. The molecule has 0 atom stereocenters. The minimum atomic E-state index is -3.82. The Morgan fingerprint density at radius 2 is 2.05 bits per heavy atom. The smallest absolute Gasteiger partial charge is 0.336 e. The summed E-state index contributed by atoms with van der Waals surface area (Å²) < 4.78 is 26.9. The molecule has 6 nitrogen and oxygen atoms in total. The first kappa shape index (κ1) is 15.0. The molecule has 3 N–H and O–H groups in total. The molecule has 0 aromatic heterocycles. The molecule has 0 heterocycles. The molecule has 0 radical (unpaired) electrons. The van der Waals surface area contributed by atoms with Gasteiger partial charge in [-0.25, -0.2) is 17.9 Å². The van der Waals surface area contributed by atoms with Crippen molar-refractivity contribution in [3.05, 3.63) is 29.3 Å². The lowest BCUT2D eigenvalue weighted by Crippen LogP contribution is -2.39. The predicted octanol–water partition coefficient (Wildman–Crippen LogP) is 0.750. The number of aromatic carboxylic acids is 1. The Morgan fingerprint density at radius 1 is 1.40 bits per heavy atom. The zero-order valence-corrected chi connectivity index (χ0v) is 11.9. The molecule has 1 aliphatic rings. The molecule has 1 aromatic carbocycles. The van der Waals surface area contributed by atoms with Crippen LogP contribution in [-0.2, 0) is 16.4 Å². The molecule has 1 saturated carbocycles. The summed E-state index contributed by atoms with van der Waals surface area (Å²) in [4.78, 5) is 11.1. The molecule has 2 rings (SSSR count). The molecular formula is C13H17NO5S. The minimum Gasteiger partial charge on any atom is -0.478 e. The quantitative estimate of drug-likeness (QED) is 0.719. The van der Waals surface area contributed by atoms with Crippen molar-refractivity contribution in [1.29, 1.82) is 0 Å². The van der Waals surface area contributed by atoms with Crippen molar-refractivity contribution in [3.8, 4) is 0 Å². The largest absolute Gasteiger partial charge is 0.478 e. The van der Waals surface area contributed by atoms with Gasteiger partial charge >= 0.3 is 5.97 Å². The van der Waals surface area contributed by atoms with E-state index in [1.807, 2.05) is 0 Å². The van der Waals surface area contributed by atoms with Gasteiger partial charge in [0.2, 0.25) is 10.0 Å². The van der Waals surface area contributed by atoms with Gasteiger partial charge < -0.3 is 10.2 Å². The highest BCUT2D eigenvalue weighted by Crippen LogP contribution is 2.36. The summed E-state index contributed by atoms with van der Waals surface area (Å²) in [6, 6.07) is 4.06.